The van der Waals surface area contributed by atoms with Crippen molar-refractivity contribution >= 4 is 27.8 Å². The van der Waals surface area contributed by atoms with Gasteiger partial charge in [-0.2, -0.15) is 0 Å². The van der Waals surface area contributed by atoms with Gasteiger partial charge in [-0.3, -0.25) is 4.79 Å². The number of halogens is 1. The molecule has 25 heavy (non-hydrogen) atoms. The molecule has 1 aromatic carbocycles. The monoisotopic (exact) mass is 415 g/mol. The van der Waals surface area contributed by atoms with E-state index in [4.69, 9.17) is 14.2 Å². The van der Waals surface area contributed by atoms with E-state index in [9.17, 15) is 9.59 Å². The van der Waals surface area contributed by atoms with Crippen LogP contribution >= 0.6 is 15.9 Å². The van der Waals surface area contributed by atoms with E-state index >= 15 is 0 Å². The molecule has 0 saturated carbocycles. The van der Waals surface area contributed by atoms with Crippen molar-refractivity contribution in [1.82, 2.24) is 5.32 Å². The molecule has 0 bridgehead atoms. The summed E-state index contributed by atoms with van der Waals surface area (Å²) in [6.07, 6.45) is 2.52. The van der Waals surface area contributed by atoms with Gasteiger partial charge in [-0.1, -0.05) is 20.8 Å². The Bertz CT molecular complexity index is 587. The summed E-state index contributed by atoms with van der Waals surface area (Å²) in [4.78, 5) is 24.0. The van der Waals surface area contributed by atoms with E-state index in [-0.39, 0.29) is 24.1 Å². The maximum Gasteiger partial charge on any atom is 0.338 e. The number of carbonyl (C=O) groups is 2. The van der Waals surface area contributed by atoms with Crippen molar-refractivity contribution in [2.75, 3.05) is 20.3 Å². The molecule has 0 aliphatic rings. The Balaban J connectivity index is 2.75. The number of methoxy groups -OCH3 is 1. The van der Waals surface area contributed by atoms with E-state index in [1.54, 1.807) is 6.07 Å². The second-order valence-electron chi connectivity index (χ2n) is 5.49. The van der Waals surface area contributed by atoms with Crippen LogP contribution in [0.3, 0.4) is 0 Å². The van der Waals surface area contributed by atoms with E-state index in [2.05, 4.69) is 21.2 Å². The maximum atomic E-state index is 12.2. The molecule has 7 heteroatoms. The average Bonchev–Trinajstić information content (AvgIpc) is 2.62. The zero-order valence-electron chi connectivity index (χ0n) is 15.2. The first kappa shape index (κ1) is 21.3. The number of benzene rings is 1. The van der Waals surface area contributed by atoms with E-state index in [0.29, 0.717) is 22.6 Å². The van der Waals surface area contributed by atoms with Gasteiger partial charge in [0.05, 0.1) is 23.8 Å². The summed E-state index contributed by atoms with van der Waals surface area (Å²) in [6, 6.07) is 3.22. The number of hydrogen-bond donors (Lipinski definition) is 1. The van der Waals surface area contributed by atoms with Crippen molar-refractivity contribution in [1.29, 1.82) is 0 Å². The third-order valence-electron chi connectivity index (χ3n) is 3.60. The fourth-order valence-corrected chi connectivity index (χ4v) is 2.71. The summed E-state index contributed by atoms with van der Waals surface area (Å²) in [5, 5.41) is 2.82. The van der Waals surface area contributed by atoms with Crippen molar-refractivity contribution in [3.8, 4) is 11.5 Å². The number of ether oxygens (including phenoxy) is 3. The highest BCUT2D eigenvalue weighted by molar-refractivity contribution is 9.10. The number of rotatable bonds is 10. The summed E-state index contributed by atoms with van der Waals surface area (Å²) >= 11 is 3.38. The van der Waals surface area contributed by atoms with Gasteiger partial charge in [0.25, 0.3) is 5.91 Å². The molecule has 6 nitrogen and oxygen atoms in total. The minimum absolute atomic E-state index is 0.0930. The van der Waals surface area contributed by atoms with Crippen LogP contribution in [0.4, 0.5) is 0 Å². The average molecular weight is 416 g/mol. The third-order valence-corrected chi connectivity index (χ3v) is 4.19. The third kappa shape index (κ3) is 6.57. The van der Waals surface area contributed by atoms with Gasteiger partial charge in [-0.25, -0.2) is 4.79 Å². The van der Waals surface area contributed by atoms with Crippen LogP contribution in [0, 0.1) is 0 Å². The first-order valence-corrected chi connectivity index (χ1v) is 9.22. The lowest BCUT2D eigenvalue weighted by atomic mass is 10.2. The fourth-order valence-electron chi connectivity index (χ4n) is 2.16. The van der Waals surface area contributed by atoms with Crippen molar-refractivity contribution < 1.29 is 23.8 Å². The molecule has 0 unspecified atom stereocenters. The van der Waals surface area contributed by atoms with Gasteiger partial charge in [0.15, 0.2) is 18.1 Å². The lowest BCUT2D eigenvalue weighted by Gasteiger charge is -2.15. The second-order valence-corrected chi connectivity index (χ2v) is 6.35. The Labute approximate surface area is 157 Å². The first-order chi connectivity index (χ1) is 12.0. The Morgan fingerprint density at radius 3 is 2.44 bits per heavy atom. The topological polar surface area (TPSA) is 73.9 Å². The summed E-state index contributed by atoms with van der Waals surface area (Å²) in [7, 11) is 1.50. The molecule has 0 saturated heterocycles. The number of nitrogens with one attached hydrogen (secondary N) is 1. The van der Waals surface area contributed by atoms with Crippen LogP contribution < -0.4 is 14.8 Å². The second kappa shape index (κ2) is 11.0. The van der Waals surface area contributed by atoms with Crippen molar-refractivity contribution in [2.45, 2.75) is 46.1 Å². The summed E-state index contributed by atoms with van der Waals surface area (Å²) in [6.45, 7) is 6.20. The highest BCUT2D eigenvalue weighted by Crippen LogP contribution is 2.36. The van der Waals surface area contributed by atoms with Crippen LogP contribution in [0.15, 0.2) is 16.6 Å². The highest BCUT2D eigenvalue weighted by Gasteiger charge is 2.18. The van der Waals surface area contributed by atoms with Crippen LogP contribution in [0.25, 0.3) is 0 Å². The van der Waals surface area contributed by atoms with Gasteiger partial charge in [0.2, 0.25) is 0 Å². The molecule has 140 valence electrons. The Morgan fingerprint density at radius 2 is 1.88 bits per heavy atom. The maximum absolute atomic E-state index is 12.2. The molecule has 0 aliphatic heterocycles. The van der Waals surface area contributed by atoms with Crippen LogP contribution in [-0.2, 0) is 9.53 Å². The van der Waals surface area contributed by atoms with E-state index in [1.807, 2.05) is 20.8 Å². The lowest BCUT2D eigenvalue weighted by Crippen LogP contribution is -2.36. The highest BCUT2D eigenvalue weighted by atomic mass is 79.9. The molecule has 1 amide bonds. The zero-order chi connectivity index (χ0) is 18.8. The normalized spacial score (nSPS) is 10.5. The van der Waals surface area contributed by atoms with E-state index < -0.39 is 5.97 Å². The summed E-state index contributed by atoms with van der Waals surface area (Å²) in [5.41, 5.74) is 0.280. The molecule has 0 atom stereocenters. The Hall–Kier alpha value is -1.76. The van der Waals surface area contributed by atoms with Crippen molar-refractivity contribution in [3.05, 3.63) is 22.2 Å². The van der Waals surface area contributed by atoms with Gasteiger partial charge in [-0.05, 0) is 47.3 Å². The van der Waals surface area contributed by atoms with Gasteiger partial charge >= 0.3 is 5.97 Å². The molecule has 0 fully saturated rings. The minimum Gasteiger partial charge on any atom is -0.493 e. The molecule has 0 aromatic heterocycles. The van der Waals surface area contributed by atoms with Crippen LogP contribution in [-0.4, -0.2) is 38.2 Å². The van der Waals surface area contributed by atoms with E-state index in [1.165, 1.54) is 13.2 Å². The van der Waals surface area contributed by atoms with Crippen LogP contribution in [0.5, 0.6) is 11.5 Å². The molecule has 1 rings (SSSR count). The predicted octanol–water partition coefficient (Wildman–Crippen LogP) is 3.71. The number of hydrogen-bond acceptors (Lipinski definition) is 5. The summed E-state index contributed by atoms with van der Waals surface area (Å²) < 4.78 is 16.6. The number of carbonyl (C=O) groups excluding carboxylic acids is 2. The standard InChI is InChI=1S/C18H26BrNO5/c1-5-8-24-17-14(19)9-12(10-15(17)23-4)18(22)25-11-16(21)20-13(6-2)7-3/h9-10,13H,5-8,11H2,1-4H3,(H,20,21). The van der Waals surface area contributed by atoms with Gasteiger partial charge < -0.3 is 19.5 Å². The molecule has 0 heterocycles. The van der Waals surface area contributed by atoms with E-state index in [0.717, 1.165) is 19.3 Å². The van der Waals surface area contributed by atoms with Crippen molar-refractivity contribution in [2.24, 2.45) is 0 Å². The SMILES string of the molecule is CCCOc1c(Br)cc(C(=O)OCC(=O)NC(CC)CC)cc1OC. The molecule has 1 N–H and O–H groups in total. The minimum atomic E-state index is -0.597. The van der Waals surface area contributed by atoms with Crippen molar-refractivity contribution in [3.63, 3.8) is 0 Å². The number of esters is 1. The molecular formula is C18H26BrNO5. The predicted molar refractivity (Wildman–Crippen MR) is 99.3 cm³/mol. The smallest absolute Gasteiger partial charge is 0.338 e. The Morgan fingerprint density at radius 1 is 1.20 bits per heavy atom. The Kier molecular flexibility index (Phi) is 9.34. The number of amides is 1. The first-order valence-electron chi connectivity index (χ1n) is 8.43. The summed E-state index contributed by atoms with van der Waals surface area (Å²) in [5.74, 6) is 0.0559. The molecular weight excluding hydrogens is 390 g/mol. The van der Waals surface area contributed by atoms with Gasteiger partial charge in [0.1, 0.15) is 0 Å². The van der Waals surface area contributed by atoms with Gasteiger partial charge in [-0.15, -0.1) is 0 Å². The molecule has 1 aromatic rings. The van der Waals surface area contributed by atoms with Crippen LogP contribution in [0.1, 0.15) is 50.4 Å². The zero-order valence-corrected chi connectivity index (χ0v) is 16.8. The molecule has 0 aliphatic carbocycles. The van der Waals surface area contributed by atoms with Gasteiger partial charge in [0, 0.05) is 6.04 Å². The molecule has 0 spiro atoms. The quantitative estimate of drug-likeness (QED) is 0.589. The van der Waals surface area contributed by atoms with Crippen LogP contribution in [0.2, 0.25) is 0 Å². The largest absolute Gasteiger partial charge is 0.493 e. The molecule has 0 radical (unpaired) electrons. The fraction of sp³-hybridized carbons (Fsp3) is 0.556. The lowest BCUT2D eigenvalue weighted by molar-refractivity contribution is -0.125.